The second-order valence-corrected chi connectivity index (χ2v) is 3.61. The maximum absolute atomic E-state index is 4.31. The van der Waals surface area contributed by atoms with E-state index < -0.39 is 0 Å². The van der Waals surface area contributed by atoms with Crippen molar-refractivity contribution in [2.45, 2.75) is 6.92 Å². The first kappa shape index (κ1) is 9.03. The summed E-state index contributed by atoms with van der Waals surface area (Å²) in [4.78, 5) is 4.31. The fourth-order valence-electron chi connectivity index (χ4n) is 1.70. The maximum Gasteiger partial charge on any atom is 0.161 e. The Hall–Kier alpha value is -2.23. The number of rotatable bonds is 1. The van der Waals surface area contributed by atoms with Gasteiger partial charge in [-0.05, 0) is 31.2 Å². The highest BCUT2D eigenvalue weighted by molar-refractivity contribution is 5.63. The van der Waals surface area contributed by atoms with Gasteiger partial charge in [-0.25, -0.2) is 0 Å². The third-order valence-corrected chi connectivity index (χ3v) is 2.54. The molecule has 0 fully saturated rings. The van der Waals surface area contributed by atoms with Crippen LogP contribution in [-0.4, -0.2) is 19.6 Å². The summed E-state index contributed by atoms with van der Waals surface area (Å²) in [7, 11) is 0. The molecular weight excluding hydrogens is 200 g/mol. The van der Waals surface area contributed by atoms with Crippen molar-refractivity contribution >= 4 is 5.65 Å². The molecule has 0 N–H and O–H groups in total. The molecule has 3 aromatic heterocycles. The first-order chi connectivity index (χ1) is 7.84. The predicted octanol–water partition coefficient (Wildman–Crippen LogP) is 2.10. The molecule has 0 atom stereocenters. The van der Waals surface area contributed by atoms with E-state index in [1.54, 1.807) is 6.20 Å². The first-order valence-electron chi connectivity index (χ1n) is 5.07. The lowest BCUT2D eigenvalue weighted by Gasteiger charge is -2.00. The van der Waals surface area contributed by atoms with Crippen LogP contribution in [-0.2, 0) is 0 Å². The van der Waals surface area contributed by atoms with E-state index >= 15 is 0 Å². The summed E-state index contributed by atoms with van der Waals surface area (Å²) in [5, 5.41) is 8.11. The van der Waals surface area contributed by atoms with Gasteiger partial charge in [0.25, 0.3) is 0 Å². The van der Waals surface area contributed by atoms with Gasteiger partial charge in [-0.1, -0.05) is 6.07 Å². The minimum atomic E-state index is 0.848. The predicted molar refractivity (Wildman–Crippen MR) is 61.0 cm³/mol. The van der Waals surface area contributed by atoms with Crippen LogP contribution in [0.3, 0.4) is 0 Å². The number of nitrogens with zero attached hydrogens (tertiary/aromatic N) is 4. The Balaban J connectivity index is 2.19. The average molecular weight is 210 g/mol. The van der Waals surface area contributed by atoms with Crippen LogP contribution in [0.1, 0.15) is 5.82 Å². The van der Waals surface area contributed by atoms with Gasteiger partial charge in [-0.15, -0.1) is 10.2 Å². The SMILES string of the molecule is Cc1nnc2cc(-c3ccccn3)ccn12. The van der Waals surface area contributed by atoms with Crippen molar-refractivity contribution in [3.8, 4) is 11.3 Å². The average Bonchev–Trinajstić information content (AvgIpc) is 2.72. The minimum Gasteiger partial charge on any atom is -0.287 e. The van der Waals surface area contributed by atoms with Gasteiger partial charge in [-0.3, -0.25) is 9.38 Å². The molecular formula is C12H10N4. The summed E-state index contributed by atoms with van der Waals surface area (Å²) in [6.07, 6.45) is 3.75. The molecule has 3 rings (SSSR count). The lowest BCUT2D eigenvalue weighted by molar-refractivity contribution is 1.01. The number of hydrogen-bond acceptors (Lipinski definition) is 3. The molecule has 0 aromatic carbocycles. The van der Waals surface area contributed by atoms with Crippen LogP contribution in [0.15, 0.2) is 42.7 Å². The largest absolute Gasteiger partial charge is 0.287 e. The zero-order valence-corrected chi connectivity index (χ0v) is 8.83. The second kappa shape index (κ2) is 3.41. The van der Waals surface area contributed by atoms with E-state index in [1.165, 1.54) is 0 Å². The van der Waals surface area contributed by atoms with E-state index in [0.29, 0.717) is 0 Å². The Morgan fingerprint density at radius 1 is 1.12 bits per heavy atom. The summed E-state index contributed by atoms with van der Waals surface area (Å²) >= 11 is 0. The number of aromatic nitrogens is 4. The summed E-state index contributed by atoms with van der Waals surface area (Å²) in [5.74, 6) is 0.891. The van der Waals surface area contributed by atoms with Gasteiger partial charge in [0.2, 0.25) is 0 Å². The molecule has 16 heavy (non-hydrogen) atoms. The van der Waals surface area contributed by atoms with Gasteiger partial charge in [0.1, 0.15) is 5.82 Å². The highest BCUT2D eigenvalue weighted by Crippen LogP contribution is 2.17. The molecule has 0 saturated carbocycles. The van der Waals surface area contributed by atoms with E-state index in [1.807, 2.05) is 47.9 Å². The Morgan fingerprint density at radius 3 is 2.88 bits per heavy atom. The van der Waals surface area contributed by atoms with Gasteiger partial charge in [0.15, 0.2) is 5.65 Å². The van der Waals surface area contributed by atoms with Gasteiger partial charge < -0.3 is 0 Å². The van der Waals surface area contributed by atoms with Crippen LogP contribution < -0.4 is 0 Å². The summed E-state index contributed by atoms with van der Waals surface area (Å²) in [5.41, 5.74) is 2.85. The monoisotopic (exact) mass is 210 g/mol. The van der Waals surface area contributed by atoms with Gasteiger partial charge in [0, 0.05) is 18.0 Å². The molecule has 0 spiro atoms. The van der Waals surface area contributed by atoms with E-state index in [4.69, 9.17) is 0 Å². The first-order valence-corrected chi connectivity index (χ1v) is 5.07. The van der Waals surface area contributed by atoms with E-state index in [-0.39, 0.29) is 0 Å². The van der Waals surface area contributed by atoms with E-state index in [2.05, 4.69) is 15.2 Å². The molecule has 3 heterocycles. The quantitative estimate of drug-likeness (QED) is 0.617. The highest BCUT2D eigenvalue weighted by Gasteiger charge is 2.03. The van der Waals surface area contributed by atoms with Gasteiger partial charge in [-0.2, -0.15) is 0 Å². The molecule has 0 aliphatic carbocycles. The zero-order valence-electron chi connectivity index (χ0n) is 8.83. The van der Waals surface area contributed by atoms with Crippen LogP contribution in [0.5, 0.6) is 0 Å². The smallest absolute Gasteiger partial charge is 0.161 e. The molecule has 0 unspecified atom stereocenters. The summed E-state index contributed by atoms with van der Waals surface area (Å²) < 4.78 is 1.95. The third kappa shape index (κ3) is 1.35. The maximum atomic E-state index is 4.31. The lowest BCUT2D eigenvalue weighted by Crippen LogP contribution is -1.89. The van der Waals surface area contributed by atoms with Crippen molar-refractivity contribution in [1.82, 2.24) is 19.6 Å². The van der Waals surface area contributed by atoms with Crippen LogP contribution in [0.4, 0.5) is 0 Å². The summed E-state index contributed by atoms with van der Waals surface area (Å²) in [6.45, 7) is 1.93. The number of pyridine rings is 2. The zero-order chi connectivity index (χ0) is 11.0. The van der Waals surface area contributed by atoms with Crippen LogP contribution in [0, 0.1) is 6.92 Å². The molecule has 0 aliphatic rings. The van der Waals surface area contributed by atoms with Crippen molar-refractivity contribution in [3.05, 3.63) is 48.5 Å². The van der Waals surface area contributed by atoms with Crippen LogP contribution >= 0.6 is 0 Å². The molecule has 4 heteroatoms. The van der Waals surface area contributed by atoms with E-state index in [9.17, 15) is 0 Å². The molecule has 4 nitrogen and oxygen atoms in total. The Bertz CT molecular complexity index is 628. The molecule has 0 amide bonds. The molecule has 0 saturated heterocycles. The van der Waals surface area contributed by atoms with Gasteiger partial charge >= 0.3 is 0 Å². The molecule has 78 valence electrons. The second-order valence-electron chi connectivity index (χ2n) is 3.61. The fraction of sp³-hybridized carbons (Fsp3) is 0.0833. The number of aryl methyl sites for hydroxylation is 1. The minimum absolute atomic E-state index is 0.848. The number of fused-ring (bicyclic) bond motifs is 1. The van der Waals surface area contributed by atoms with Crippen LogP contribution in [0.2, 0.25) is 0 Å². The van der Waals surface area contributed by atoms with Crippen molar-refractivity contribution in [2.24, 2.45) is 0 Å². The van der Waals surface area contributed by atoms with Crippen molar-refractivity contribution in [3.63, 3.8) is 0 Å². The molecule has 0 bridgehead atoms. The molecule has 0 radical (unpaired) electrons. The molecule has 0 aliphatic heterocycles. The fourth-order valence-corrected chi connectivity index (χ4v) is 1.70. The van der Waals surface area contributed by atoms with Crippen molar-refractivity contribution in [1.29, 1.82) is 0 Å². The lowest BCUT2D eigenvalue weighted by atomic mass is 10.2. The topological polar surface area (TPSA) is 43.1 Å². The van der Waals surface area contributed by atoms with Crippen molar-refractivity contribution < 1.29 is 0 Å². The Kier molecular flexibility index (Phi) is 1.93. The molecule has 3 aromatic rings. The van der Waals surface area contributed by atoms with E-state index in [0.717, 1.165) is 22.7 Å². The standard InChI is InChI=1S/C12H10N4/c1-9-14-15-12-8-10(5-7-16(9)12)11-4-2-3-6-13-11/h2-8H,1H3. The number of hydrogen-bond donors (Lipinski definition) is 0. The Labute approximate surface area is 92.6 Å². The van der Waals surface area contributed by atoms with Gasteiger partial charge in [0.05, 0.1) is 5.69 Å². The third-order valence-electron chi connectivity index (χ3n) is 2.54. The van der Waals surface area contributed by atoms with Crippen LogP contribution in [0.25, 0.3) is 16.9 Å². The Morgan fingerprint density at radius 2 is 2.06 bits per heavy atom. The highest BCUT2D eigenvalue weighted by atomic mass is 15.2. The normalized spacial score (nSPS) is 10.8. The summed E-state index contributed by atoms with van der Waals surface area (Å²) in [6, 6.07) is 9.87. The van der Waals surface area contributed by atoms with Crippen molar-refractivity contribution in [2.75, 3.05) is 0 Å².